The van der Waals surface area contributed by atoms with Crippen molar-refractivity contribution in [1.29, 1.82) is 0 Å². The molecule has 2 amide bonds. The second kappa shape index (κ2) is 14.4. The molecule has 0 aliphatic carbocycles. The molecule has 2 rings (SSSR count). The predicted molar refractivity (Wildman–Crippen MR) is 131 cm³/mol. The van der Waals surface area contributed by atoms with Gasteiger partial charge in [-0.25, -0.2) is 0 Å². The maximum absolute atomic E-state index is 12.5. The lowest BCUT2D eigenvalue weighted by molar-refractivity contribution is -0.289. The van der Waals surface area contributed by atoms with E-state index in [1.54, 1.807) is 6.92 Å². The van der Waals surface area contributed by atoms with Gasteiger partial charge in [-0.15, -0.1) is 0 Å². The van der Waals surface area contributed by atoms with Gasteiger partial charge in [0.1, 0.15) is 12.2 Å². The Morgan fingerprint density at radius 2 is 1.79 bits per heavy atom. The number of amides is 2. The molecule has 9 atom stereocenters. The van der Waals surface area contributed by atoms with Gasteiger partial charge in [-0.3, -0.25) is 9.59 Å². The average molecular weight is 485 g/mol. The molecule has 0 aromatic carbocycles. The Hall–Kier alpha value is -1.22. The summed E-state index contributed by atoms with van der Waals surface area (Å²) in [5, 5.41) is 27.1. The molecule has 2 aliphatic heterocycles. The quantitative estimate of drug-likeness (QED) is 0.477. The van der Waals surface area contributed by atoms with Crippen molar-refractivity contribution in [3.8, 4) is 0 Å². The van der Waals surface area contributed by atoms with E-state index in [4.69, 9.17) is 9.47 Å². The Morgan fingerprint density at radius 1 is 1.06 bits per heavy atom. The summed E-state index contributed by atoms with van der Waals surface area (Å²) in [6.45, 7) is 10.2. The van der Waals surface area contributed by atoms with E-state index in [-0.39, 0.29) is 29.8 Å². The highest BCUT2D eigenvalue weighted by molar-refractivity contribution is 5.78. The predicted octanol–water partition coefficient (Wildman–Crippen LogP) is 2.89. The molecule has 2 heterocycles. The molecule has 0 aromatic heterocycles. The van der Waals surface area contributed by atoms with Crippen LogP contribution in [0.5, 0.6) is 0 Å². The van der Waals surface area contributed by atoms with E-state index >= 15 is 0 Å². The van der Waals surface area contributed by atoms with Crippen LogP contribution < -0.4 is 10.6 Å². The fourth-order valence-electron chi connectivity index (χ4n) is 5.34. The van der Waals surface area contributed by atoms with Crippen LogP contribution in [0.1, 0.15) is 92.4 Å². The van der Waals surface area contributed by atoms with Crippen LogP contribution in [0, 0.1) is 17.8 Å². The van der Waals surface area contributed by atoms with E-state index in [1.165, 1.54) is 6.92 Å². The summed E-state index contributed by atoms with van der Waals surface area (Å²) in [7, 11) is 0. The van der Waals surface area contributed by atoms with E-state index in [0.717, 1.165) is 57.8 Å². The second-order valence-electron chi connectivity index (χ2n) is 10.4. The lowest BCUT2D eigenvalue weighted by Crippen LogP contribution is -2.64. The van der Waals surface area contributed by atoms with Crippen molar-refractivity contribution < 1.29 is 29.3 Å². The highest BCUT2D eigenvalue weighted by Crippen LogP contribution is 2.31. The number of carbonyl (C=O) groups is 2. The molecule has 2 saturated heterocycles. The lowest BCUT2D eigenvalue weighted by Gasteiger charge is -2.43. The van der Waals surface area contributed by atoms with Crippen molar-refractivity contribution in [3.63, 3.8) is 0 Å². The van der Waals surface area contributed by atoms with Gasteiger partial charge in [-0.1, -0.05) is 40.0 Å². The van der Waals surface area contributed by atoms with E-state index in [2.05, 4.69) is 31.4 Å². The zero-order chi connectivity index (χ0) is 25.3. The van der Waals surface area contributed by atoms with Gasteiger partial charge >= 0.3 is 0 Å². The monoisotopic (exact) mass is 484 g/mol. The van der Waals surface area contributed by atoms with Crippen molar-refractivity contribution in [1.82, 2.24) is 10.6 Å². The molecule has 34 heavy (non-hydrogen) atoms. The molecule has 198 valence electrons. The van der Waals surface area contributed by atoms with Gasteiger partial charge in [0.05, 0.1) is 18.2 Å². The minimum absolute atomic E-state index is 0.104. The smallest absolute Gasteiger partial charge is 0.223 e. The summed E-state index contributed by atoms with van der Waals surface area (Å²) >= 11 is 0. The van der Waals surface area contributed by atoms with Crippen LogP contribution in [-0.2, 0) is 19.1 Å². The molecular weight excluding hydrogens is 436 g/mol. The summed E-state index contributed by atoms with van der Waals surface area (Å²) in [5.74, 6) is 0.723. The van der Waals surface area contributed by atoms with Crippen LogP contribution in [0.15, 0.2) is 0 Å². The number of aliphatic hydroxyl groups excluding tert-OH is 2. The molecule has 0 spiro atoms. The maximum atomic E-state index is 12.5. The van der Waals surface area contributed by atoms with Crippen LogP contribution >= 0.6 is 0 Å². The van der Waals surface area contributed by atoms with Crippen molar-refractivity contribution in [2.75, 3.05) is 6.54 Å². The van der Waals surface area contributed by atoms with Crippen LogP contribution in [0.3, 0.4) is 0 Å². The number of carbonyl (C=O) groups excluding carboxylic acids is 2. The Labute approximate surface area is 205 Å². The Bertz CT molecular complexity index is 632. The second-order valence-corrected chi connectivity index (χ2v) is 10.4. The van der Waals surface area contributed by atoms with Gasteiger partial charge in [-0.05, 0) is 57.3 Å². The van der Waals surface area contributed by atoms with Gasteiger partial charge in [0.25, 0.3) is 0 Å². The molecular formula is C26H48N2O6. The molecule has 0 saturated carbocycles. The van der Waals surface area contributed by atoms with Gasteiger partial charge in [0.2, 0.25) is 11.8 Å². The lowest BCUT2D eigenvalue weighted by atomic mass is 9.86. The third-order valence-corrected chi connectivity index (χ3v) is 7.68. The summed E-state index contributed by atoms with van der Waals surface area (Å²) < 4.78 is 12.3. The van der Waals surface area contributed by atoms with Crippen LogP contribution in [0.2, 0.25) is 0 Å². The summed E-state index contributed by atoms with van der Waals surface area (Å²) in [6.07, 6.45) is 4.67. The van der Waals surface area contributed by atoms with Crippen molar-refractivity contribution in [2.24, 2.45) is 17.8 Å². The Morgan fingerprint density at radius 3 is 2.44 bits per heavy atom. The number of ether oxygens (including phenoxy) is 2. The highest BCUT2D eigenvalue weighted by Gasteiger charge is 2.45. The van der Waals surface area contributed by atoms with Crippen LogP contribution in [-0.4, -0.2) is 65.3 Å². The first-order valence-electron chi connectivity index (χ1n) is 13.4. The molecule has 8 heteroatoms. The minimum Gasteiger partial charge on any atom is -0.388 e. The summed E-state index contributed by atoms with van der Waals surface area (Å²) in [5.41, 5.74) is 0. The number of hydrogen-bond acceptors (Lipinski definition) is 6. The molecule has 4 N–H and O–H groups in total. The summed E-state index contributed by atoms with van der Waals surface area (Å²) in [6, 6.07) is -0.842. The van der Waals surface area contributed by atoms with Crippen molar-refractivity contribution in [3.05, 3.63) is 0 Å². The number of rotatable bonds is 5. The minimum atomic E-state index is -1.16. The summed E-state index contributed by atoms with van der Waals surface area (Å²) in [4.78, 5) is 24.2. The topological polar surface area (TPSA) is 117 Å². The number of aliphatic hydroxyl groups is 2. The zero-order valence-electron chi connectivity index (χ0n) is 21.8. The van der Waals surface area contributed by atoms with E-state index in [0.29, 0.717) is 12.5 Å². The van der Waals surface area contributed by atoms with Crippen LogP contribution in [0.25, 0.3) is 0 Å². The molecule has 0 bridgehead atoms. The first-order chi connectivity index (χ1) is 16.2. The van der Waals surface area contributed by atoms with E-state index in [1.807, 2.05) is 0 Å². The standard InChI is InChI=1S/C26H48N2O6/c1-6-19-12-9-15-27-25(32)20(7-2)11-8-10-16(3)13-14-21(19)34-26-24(31)22(28-18(5)29)23(30)17(4)33-26/h16-17,19-24,26,30-31H,6-15H2,1-5H3,(H,27,32)(H,28,29). The van der Waals surface area contributed by atoms with Gasteiger partial charge in [-0.2, -0.15) is 0 Å². The Kier molecular flexibility index (Phi) is 12.3. The first-order valence-corrected chi connectivity index (χ1v) is 13.4. The maximum Gasteiger partial charge on any atom is 0.223 e. The third-order valence-electron chi connectivity index (χ3n) is 7.68. The highest BCUT2D eigenvalue weighted by atomic mass is 16.7. The molecule has 2 fully saturated rings. The number of nitrogens with one attached hydrogen (secondary N) is 2. The van der Waals surface area contributed by atoms with Gasteiger partial charge in [0.15, 0.2) is 6.29 Å². The fraction of sp³-hybridized carbons (Fsp3) is 0.923. The Balaban J connectivity index is 2.12. The van der Waals surface area contributed by atoms with Crippen molar-refractivity contribution >= 4 is 11.8 Å². The largest absolute Gasteiger partial charge is 0.388 e. The third kappa shape index (κ3) is 8.47. The van der Waals surface area contributed by atoms with Gasteiger partial charge < -0.3 is 30.3 Å². The number of hydrogen-bond donors (Lipinski definition) is 4. The van der Waals surface area contributed by atoms with Crippen LogP contribution in [0.4, 0.5) is 0 Å². The van der Waals surface area contributed by atoms with Crippen molar-refractivity contribution in [2.45, 2.75) is 129 Å². The molecule has 0 aromatic rings. The fourth-order valence-corrected chi connectivity index (χ4v) is 5.34. The molecule has 9 unspecified atom stereocenters. The van der Waals surface area contributed by atoms with Gasteiger partial charge in [0, 0.05) is 19.4 Å². The zero-order valence-corrected chi connectivity index (χ0v) is 21.8. The first kappa shape index (κ1) is 29.0. The van der Waals surface area contributed by atoms with E-state index < -0.39 is 30.6 Å². The SMILES string of the molecule is CCC1CCCC(C)CCC(OC2OC(C)C(O)C(NC(C)=O)C2O)C(CC)CCCNC1=O. The molecule has 0 radical (unpaired) electrons. The van der Waals surface area contributed by atoms with E-state index in [9.17, 15) is 19.8 Å². The molecule has 8 nitrogen and oxygen atoms in total. The molecule has 2 aliphatic rings. The normalized spacial score (nSPS) is 39.0. The average Bonchev–Trinajstić information content (AvgIpc) is 2.80.